The molecule has 4 N–H and O–H groups in total. The maximum absolute atomic E-state index is 12.3. The Morgan fingerprint density at radius 3 is 2.00 bits per heavy atom. The van der Waals surface area contributed by atoms with Gasteiger partial charge in [-0.25, -0.2) is 8.42 Å². The topological polar surface area (TPSA) is 86.2 Å². The number of benzene rings is 2. The van der Waals surface area contributed by atoms with Crippen molar-refractivity contribution in [1.82, 2.24) is 0 Å². The average molecular weight is 327 g/mol. The summed E-state index contributed by atoms with van der Waals surface area (Å²) in [6.45, 7) is 0. The summed E-state index contributed by atoms with van der Waals surface area (Å²) in [5.74, 6) is 0. The van der Waals surface area contributed by atoms with E-state index in [-0.39, 0.29) is 9.79 Å². The molecule has 18 heavy (non-hydrogen) atoms. The van der Waals surface area contributed by atoms with Crippen LogP contribution in [-0.4, -0.2) is 8.42 Å². The van der Waals surface area contributed by atoms with E-state index in [0.29, 0.717) is 15.8 Å². The molecular weight excluding hydrogens is 316 g/mol. The van der Waals surface area contributed by atoms with Gasteiger partial charge >= 0.3 is 0 Å². The highest BCUT2D eigenvalue weighted by Crippen LogP contribution is 2.26. The number of anilines is 2. The molecule has 0 heterocycles. The zero-order valence-electron chi connectivity index (χ0n) is 9.30. The van der Waals surface area contributed by atoms with E-state index >= 15 is 0 Å². The van der Waals surface area contributed by atoms with Crippen molar-refractivity contribution in [2.75, 3.05) is 11.5 Å². The molecule has 0 radical (unpaired) electrons. The smallest absolute Gasteiger partial charge is 0.206 e. The lowest BCUT2D eigenvalue weighted by molar-refractivity contribution is 0.596. The molecule has 0 aromatic heterocycles. The molecular formula is C12H11BrN2O2S. The molecule has 6 heteroatoms. The van der Waals surface area contributed by atoms with Crippen molar-refractivity contribution in [3.63, 3.8) is 0 Å². The molecule has 0 saturated heterocycles. The number of hydrogen-bond acceptors (Lipinski definition) is 4. The van der Waals surface area contributed by atoms with Crippen LogP contribution in [0.1, 0.15) is 0 Å². The number of hydrogen-bond donors (Lipinski definition) is 2. The van der Waals surface area contributed by atoms with Crippen LogP contribution in [0.5, 0.6) is 0 Å². The first-order valence-electron chi connectivity index (χ1n) is 5.06. The molecule has 0 saturated carbocycles. The Balaban J connectivity index is 2.57. The molecule has 2 aromatic carbocycles. The van der Waals surface area contributed by atoms with Crippen LogP contribution in [0.3, 0.4) is 0 Å². The van der Waals surface area contributed by atoms with E-state index in [1.165, 1.54) is 24.3 Å². The maximum Gasteiger partial charge on any atom is 0.206 e. The standard InChI is InChI=1S/C12H11BrN2O2S/c13-8-5-10(15)7-12(6-8)18(16,17)11-3-1-9(14)2-4-11/h1-7H,14-15H2. The van der Waals surface area contributed by atoms with Crippen LogP contribution in [0, 0.1) is 0 Å². The molecule has 4 nitrogen and oxygen atoms in total. The second-order valence-corrected chi connectivity index (χ2v) is 6.66. The fraction of sp³-hybridized carbons (Fsp3) is 0. The van der Waals surface area contributed by atoms with Crippen molar-refractivity contribution in [1.29, 1.82) is 0 Å². The summed E-state index contributed by atoms with van der Waals surface area (Å²) < 4.78 is 25.3. The molecule has 0 aliphatic carbocycles. The lowest BCUT2D eigenvalue weighted by atomic mass is 10.3. The Bertz CT molecular complexity index is 661. The SMILES string of the molecule is Nc1ccc(S(=O)(=O)c2cc(N)cc(Br)c2)cc1. The quantitative estimate of drug-likeness (QED) is 0.830. The molecule has 0 fully saturated rings. The van der Waals surface area contributed by atoms with Crippen LogP contribution in [0.25, 0.3) is 0 Å². The summed E-state index contributed by atoms with van der Waals surface area (Å²) >= 11 is 3.23. The van der Waals surface area contributed by atoms with Gasteiger partial charge in [0.1, 0.15) is 0 Å². The van der Waals surface area contributed by atoms with Gasteiger partial charge in [0, 0.05) is 15.8 Å². The van der Waals surface area contributed by atoms with Gasteiger partial charge in [-0.15, -0.1) is 0 Å². The van der Waals surface area contributed by atoms with Gasteiger partial charge in [-0.3, -0.25) is 0 Å². The van der Waals surface area contributed by atoms with Crippen LogP contribution in [0.2, 0.25) is 0 Å². The predicted molar refractivity (Wildman–Crippen MR) is 74.9 cm³/mol. The molecule has 0 aliphatic heterocycles. The van der Waals surface area contributed by atoms with Gasteiger partial charge in [0.15, 0.2) is 0 Å². The number of rotatable bonds is 2. The summed E-state index contributed by atoms with van der Waals surface area (Å²) in [6, 6.07) is 10.6. The molecule has 0 spiro atoms. The van der Waals surface area contributed by atoms with Gasteiger partial charge in [0.25, 0.3) is 0 Å². The van der Waals surface area contributed by atoms with Crippen LogP contribution in [0.4, 0.5) is 11.4 Å². The van der Waals surface area contributed by atoms with E-state index in [9.17, 15) is 8.42 Å². The van der Waals surface area contributed by atoms with Crippen molar-refractivity contribution in [2.24, 2.45) is 0 Å². The van der Waals surface area contributed by atoms with E-state index < -0.39 is 9.84 Å². The Labute approximate surface area is 114 Å². The number of nitrogen functional groups attached to an aromatic ring is 2. The zero-order chi connectivity index (χ0) is 13.3. The van der Waals surface area contributed by atoms with Gasteiger partial charge in [-0.05, 0) is 42.5 Å². The third kappa shape index (κ3) is 2.49. The molecule has 2 aromatic rings. The lowest BCUT2D eigenvalue weighted by Crippen LogP contribution is -2.03. The van der Waals surface area contributed by atoms with Crippen molar-refractivity contribution >= 4 is 37.1 Å². The summed E-state index contributed by atoms with van der Waals surface area (Å²) in [5, 5.41) is 0. The first-order valence-corrected chi connectivity index (χ1v) is 7.34. The Hall–Kier alpha value is -1.53. The highest BCUT2D eigenvalue weighted by atomic mass is 79.9. The van der Waals surface area contributed by atoms with E-state index in [1.54, 1.807) is 18.2 Å². The fourth-order valence-corrected chi connectivity index (χ4v) is 3.52. The van der Waals surface area contributed by atoms with E-state index in [2.05, 4.69) is 15.9 Å². The Kier molecular flexibility index (Phi) is 3.32. The van der Waals surface area contributed by atoms with E-state index in [0.717, 1.165) is 0 Å². The van der Waals surface area contributed by atoms with Crippen molar-refractivity contribution in [3.05, 3.63) is 46.9 Å². The van der Waals surface area contributed by atoms with Gasteiger partial charge in [0.2, 0.25) is 9.84 Å². The third-order valence-corrected chi connectivity index (χ3v) is 4.60. The molecule has 0 bridgehead atoms. The highest BCUT2D eigenvalue weighted by Gasteiger charge is 2.18. The minimum atomic E-state index is -3.57. The second kappa shape index (κ2) is 4.62. The molecule has 0 amide bonds. The Morgan fingerprint density at radius 1 is 0.833 bits per heavy atom. The molecule has 94 valence electrons. The van der Waals surface area contributed by atoms with Gasteiger partial charge < -0.3 is 11.5 Å². The minimum Gasteiger partial charge on any atom is -0.399 e. The van der Waals surface area contributed by atoms with E-state index in [4.69, 9.17) is 11.5 Å². The minimum absolute atomic E-state index is 0.152. The van der Waals surface area contributed by atoms with Crippen molar-refractivity contribution in [3.8, 4) is 0 Å². The summed E-state index contributed by atoms with van der Waals surface area (Å²) in [4.78, 5) is 0.341. The zero-order valence-corrected chi connectivity index (χ0v) is 11.7. The van der Waals surface area contributed by atoms with Crippen LogP contribution < -0.4 is 11.5 Å². The maximum atomic E-state index is 12.3. The third-order valence-electron chi connectivity index (χ3n) is 2.39. The van der Waals surface area contributed by atoms with Gasteiger partial charge in [-0.1, -0.05) is 15.9 Å². The molecule has 0 unspecified atom stereocenters. The highest BCUT2D eigenvalue weighted by molar-refractivity contribution is 9.10. The molecule has 2 rings (SSSR count). The van der Waals surface area contributed by atoms with Crippen molar-refractivity contribution < 1.29 is 8.42 Å². The monoisotopic (exact) mass is 326 g/mol. The Morgan fingerprint density at radius 2 is 1.44 bits per heavy atom. The van der Waals surface area contributed by atoms with Crippen molar-refractivity contribution in [2.45, 2.75) is 9.79 Å². The van der Waals surface area contributed by atoms with E-state index in [1.807, 2.05) is 0 Å². The molecule has 0 aliphatic rings. The summed E-state index contributed by atoms with van der Waals surface area (Å²) in [6.07, 6.45) is 0. The fourth-order valence-electron chi connectivity index (χ4n) is 1.52. The number of halogens is 1. The first kappa shape index (κ1) is 12.9. The van der Waals surface area contributed by atoms with Crippen LogP contribution >= 0.6 is 15.9 Å². The van der Waals surface area contributed by atoms with Crippen LogP contribution in [0.15, 0.2) is 56.7 Å². The van der Waals surface area contributed by atoms with Crippen LogP contribution in [-0.2, 0) is 9.84 Å². The van der Waals surface area contributed by atoms with Gasteiger partial charge in [0.05, 0.1) is 9.79 Å². The largest absolute Gasteiger partial charge is 0.399 e. The normalized spacial score (nSPS) is 11.4. The molecule has 0 atom stereocenters. The number of nitrogens with two attached hydrogens (primary N) is 2. The first-order chi connectivity index (χ1) is 8.39. The van der Waals surface area contributed by atoms with Gasteiger partial charge in [-0.2, -0.15) is 0 Å². The predicted octanol–water partition coefficient (Wildman–Crippen LogP) is 2.45. The summed E-state index contributed by atoms with van der Waals surface area (Å²) in [7, 11) is -3.57. The lowest BCUT2D eigenvalue weighted by Gasteiger charge is -2.06. The average Bonchev–Trinajstić information content (AvgIpc) is 2.28. The summed E-state index contributed by atoms with van der Waals surface area (Å²) in [5.41, 5.74) is 12.1. The number of sulfone groups is 1. The second-order valence-electron chi connectivity index (χ2n) is 3.79.